The third-order valence-corrected chi connectivity index (χ3v) is 3.05. The van der Waals surface area contributed by atoms with E-state index in [2.05, 4.69) is 19.2 Å². The van der Waals surface area contributed by atoms with Crippen LogP contribution < -0.4 is 5.32 Å². The van der Waals surface area contributed by atoms with Gasteiger partial charge in [0, 0.05) is 17.3 Å². The molecule has 0 saturated carbocycles. The van der Waals surface area contributed by atoms with Gasteiger partial charge < -0.3 is 5.32 Å². The quantitative estimate of drug-likeness (QED) is 0.688. The van der Waals surface area contributed by atoms with Crippen LogP contribution in [0.4, 0.5) is 5.69 Å². The molecular weight excluding hydrogens is 210 g/mol. The molecule has 93 valence electrons. The molecule has 2 heteroatoms. The fraction of sp³-hybridized carbons (Fsp3) is 0.533. The second-order valence-electron chi connectivity index (χ2n) is 4.39. The predicted molar refractivity (Wildman–Crippen MR) is 73.1 cm³/mol. The summed E-state index contributed by atoms with van der Waals surface area (Å²) in [6.07, 6.45) is 7.99. The van der Waals surface area contributed by atoms with Crippen molar-refractivity contribution in [2.45, 2.75) is 52.0 Å². The van der Waals surface area contributed by atoms with Gasteiger partial charge in [0.15, 0.2) is 0 Å². The molecule has 0 heterocycles. The van der Waals surface area contributed by atoms with Crippen molar-refractivity contribution in [2.75, 3.05) is 5.32 Å². The Morgan fingerprint density at radius 2 is 2.00 bits per heavy atom. The first kappa shape index (κ1) is 13.8. The molecule has 1 radical (unpaired) electrons. The zero-order valence-electron chi connectivity index (χ0n) is 10.8. The molecule has 2 nitrogen and oxygen atoms in total. The molecular formula is C15H22NO. The Kier molecular flexibility index (Phi) is 6.38. The summed E-state index contributed by atoms with van der Waals surface area (Å²) in [6, 6.07) is 8.01. The van der Waals surface area contributed by atoms with Gasteiger partial charge in [-0.3, -0.25) is 4.79 Å². The first-order chi connectivity index (χ1) is 8.31. The van der Waals surface area contributed by atoms with Crippen molar-refractivity contribution in [1.82, 2.24) is 0 Å². The fourth-order valence-corrected chi connectivity index (χ4v) is 1.94. The molecule has 0 aliphatic heterocycles. The summed E-state index contributed by atoms with van der Waals surface area (Å²) < 4.78 is 0. The van der Waals surface area contributed by atoms with E-state index in [1.807, 2.05) is 24.5 Å². The molecule has 0 aromatic heterocycles. The Morgan fingerprint density at radius 3 is 2.65 bits per heavy atom. The van der Waals surface area contributed by atoms with E-state index < -0.39 is 0 Å². The van der Waals surface area contributed by atoms with E-state index in [-0.39, 0.29) is 0 Å². The molecule has 0 fully saturated rings. The molecule has 1 unspecified atom stereocenters. The fourth-order valence-electron chi connectivity index (χ4n) is 1.94. The van der Waals surface area contributed by atoms with E-state index >= 15 is 0 Å². The van der Waals surface area contributed by atoms with Crippen molar-refractivity contribution in [3.8, 4) is 0 Å². The average molecular weight is 232 g/mol. The van der Waals surface area contributed by atoms with E-state index in [1.54, 1.807) is 6.07 Å². The molecule has 1 rings (SSSR count). The lowest BCUT2D eigenvalue weighted by molar-refractivity contribution is 0.561. The van der Waals surface area contributed by atoms with Gasteiger partial charge in [-0.05, 0) is 25.0 Å². The summed E-state index contributed by atoms with van der Waals surface area (Å²) in [4.78, 5) is 10.8. The highest BCUT2D eigenvalue weighted by Crippen LogP contribution is 2.17. The minimum atomic E-state index is 0.455. The van der Waals surface area contributed by atoms with Gasteiger partial charge in [-0.15, -0.1) is 0 Å². The average Bonchev–Trinajstić information content (AvgIpc) is 2.38. The summed E-state index contributed by atoms with van der Waals surface area (Å²) in [5, 5.41) is 3.44. The second-order valence-corrected chi connectivity index (χ2v) is 4.39. The largest absolute Gasteiger partial charge is 0.382 e. The molecule has 0 amide bonds. The monoisotopic (exact) mass is 232 g/mol. The number of unbranched alkanes of at least 4 members (excludes halogenated alkanes) is 2. The van der Waals surface area contributed by atoms with Crippen LogP contribution in [0.5, 0.6) is 0 Å². The first-order valence-corrected chi connectivity index (χ1v) is 6.55. The van der Waals surface area contributed by atoms with Crippen LogP contribution in [0, 0.1) is 0 Å². The van der Waals surface area contributed by atoms with E-state index in [9.17, 15) is 4.79 Å². The van der Waals surface area contributed by atoms with Gasteiger partial charge in [-0.2, -0.15) is 0 Å². The van der Waals surface area contributed by atoms with Crippen LogP contribution in [0.3, 0.4) is 0 Å². The van der Waals surface area contributed by atoms with E-state index in [0.717, 1.165) is 18.5 Å². The second kappa shape index (κ2) is 7.88. The van der Waals surface area contributed by atoms with Crippen molar-refractivity contribution in [3.63, 3.8) is 0 Å². The molecule has 1 N–H and O–H groups in total. The van der Waals surface area contributed by atoms with Gasteiger partial charge in [0.25, 0.3) is 0 Å². The smallest absolute Gasteiger partial charge is 0.235 e. The van der Waals surface area contributed by atoms with Crippen LogP contribution in [-0.2, 0) is 4.79 Å². The van der Waals surface area contributed by atoms with Gasteiger partial charge in [0.2, 0.25) is 6.29 Å². The summed E-state index contributed by atoms with van der Waals surface area (Å²) in [5.74, 6) is 0. The Balaban J connectivity index is 2.57. The molecule has 0 aliphatic rings. The van der Waals surface area contributed by atoms with Crippen molar-refractivity contribution < 1.29 is 4.79 Å². The van der Waals surface area contributed by atoms with Crippen molar-refractivity contribution in [1.29, 1.82) is 0 Å². The zero-order valence-corrected chi connectivity index (χ0v) is 10.8. The number of rotatable bonds is 8. The third-order valence-electron chi connectivity index (χ3n) is 3.05. The minimum Gasteiger partial charge on any atom is -0.382 e. The highest BCUT2D eigenvalue weighted by atomic mass is 16.1. The summed E-state index contributed by atoms with van der Waals surface area (Å²) in [5.41, 5.74) is 1.53. The number of hydrogen-bond acceptors (Lipinski definition) is 2. The van der Waals surface area contributed by atoms with Crippen LogP contribution in [-0.4, -0.2) is 12.3 Å². The van der Waals surface area contributed by atoms with Crippen molar-refractivity contribution >= 4 is 12.0 Å². The van der Waals surface area contributed by atoms with Crippen LogP contribution in [0.1, 0.15) is 51.5 Å². The lowest BCUT2D eigenvalue weighted by atomic mass is 10.0. The summed E-state index contributed by atoms with van der Waals surface area (Å²) >= 11 is 0. The van der Waals surface area contributed by atoms with Gasteiger partial charge >= 0.3 is 0 Å². The molecule has 0 spiro atoms. The van der Waals surface area contributed by atoms with Gasteiger partial charge in [0.1, 0.15) is 0 Å². The molecule has 1 atom stereocenters. The Morgan fingerprint density at radius 1 is 1.24 bits per heavy atom. The summed E-state index contributed by atoms with van der Waals surface area (Å²) in [6.45, 7) is 4.39. The van der Waals surface area contributed by atoms with Gasteiger partial charge in [0.05, 0.1) is 0 Å². The molecule has 1 aromatic carbocycles. The van der Waals surface area contributed by atoms with Gasteiger partial charge in [-0.25, -0.2) is 0 Å². The normalized spacial score (nSPS) is 12.1. The molecule has 0 bridgehead atoms. The van der Waals surface area contributed by atoms with Crippen LogP contribution in [0.15, 0.2) is 24.3 Å². The number of hydrogen-bond donors (Lipinski definition) is 1. The highest BCUT2D eigenvalue weighted by molar-refractivity contribution is 5.84. The number of carbonyl (C=O) groups excluding carboxylic acids is 1. The Labute approximate surface area is 104 Å². The molecule has 0 aliphatic carbocycles. The van der Waals surface area contributed by atoms with E-state index in [1.165, 1.54) is 19.3 Å². The molecule has 1 aromatic rings. The number of nitrogens with one attached hydrogen (secondary N) is 1. The number of benzene rings is 1. The Hall–Kier alpha value is -1.31. The van der Waals surface area contributed by atoms with Crippen LogP contribution in [0.25, 0.3) is 0 Å². The standard InChI is InChI=1S/C15H22NO/c1-3-5-6-10-14(4-2)16-15-11-8-7-9-13(15)12-17/h7-9,11,14,16H,3-6,10H2,1-2H3. The summed E-state index contributed by atoms with van der Waals surface area (Å²) in [7, 11) is 0. The molecule has 17 heavy (non-hydrogen) atoms. The third kappa shape index (κ3) is 4.59. The van der Waals surface area contributed by atoms with E-state index in [4.69, 9.17) is 0 Å². The van der Waals surface area contributed by atoms with Crippen LogP contribution in [0.2, 0.25) is 0 Å². The van der Waals surface area contributed by atoms with E-state index in [0.29, 0.717) is 11.6 Å². The lowest BCUT2D eigenvalue weighted by Gasteiger charge is -2.19. The van der Waals surface area contributed by atoms with Crippen LogP contribution >= 0.6 is 0 Å². The maximum Gasteiger partial charge on any atom is 0.235 e. The number of anilines is 1. The number of para-hydroxylation sites is 1. The highest BCUT2D eigenvalue weighted by Gasteiger charge is 2.08. The predicted octanol–water partition coefficient (Wildman–Crippen LogP) is 3.92. The van der Waals surface area contributed by atoms with Gasteiger partial charge in [-0.1, -0.05) is 45.2 Å². The maximum absolute atomic E-state index is 10.8. The maximum atomic E-state index is 10.8. The lowest BCUT2D eigenvalue weighted by Crippen LogP contribution is -2.19. The first-order valence-electron chi connectivity index (χ1n) is 6.55. The SMILES string of the molecule is CCCCCC(CC)Nc1ccccc1[C]=O. The Bertz CT molecular complexity index is 335. The van der Waals surface area contributed by atoms with Crippen molar-refractivity contribution in [3.05, 3.63) is 29.8 Å². The van der Waals surface area contributed by atoms with Crippen molar-refractivity contribution in [2.24, 2.45) is 0 Å². The minimum absolute atomic E-state index is 0.455. The molecule has 0 saturated heterocycles. The topological polar surface area (TPSA) is 29.1 Å². The zero-order chi connectivity index (χ0) is 12.5.